The van der Waals surface area contributed by atoms with E-state index in [-0.39, 0.29) is 5.92 Å². The molecule has 4 heteroatoms. The Morgan fingerprint density at radius 1 is 1.03 bits per heavy atom. The van der Waals surface area contributed by atoms with Gasteiger partial charge in [-0.3, -0.25) is 4.90 Å². The average Bonchev–Trinajstić information content (AvgIpc) is 2.77. The first-order valence-electron chi connectivity index (χ1n) is 10.7. The van der Waals surface area contributed by atoms with Gasteiger partial charge in [0.15, 0.2) is 0 Å². The summed E-state index contributed by atoms with van der Waals surface area (Å²) in [7, 11) is 1.67. The molecule has 0 amide bonds. The Morgan fingerprint density at radius 3 is 2.28 bits per heavy atom. The fourth-order valence-corrected chi connectivity index (χ4v) is 4.17. The summed E-state index contributed by atoms with van der Waals surface area (Å²) < 4.78 is 10.9. The van der Waals surface area contributed by atoms with Crippen LogP contribution in [0.1, 0.15) is 43.7 Å². The summed E-state index contributed by atoms with van der Waals surface area (Å²) in [4.78, 5) is 2.42. The number of ether oxygens (including phenoxy) is 2. The minimum atomic E-state index is -0.948. The maximum absolute atomic E-state index is 12.2. The van der Waals surface area contributed by atoms with E-state index in [2.05, 4.69) is 43.0 Å². The molecule has 2 aromatic rings. The van der Waals surface area contributed by atoms with Crippen LogP contribution in [0.3, 0.4) is 0 Å². The maximum Gasteiger partial charge on any atom is 0.118 e. The predicted octanol–water partition coefficient (Wildman–Crippen LogP) is 4.44. The molecule has 0 spiro atoms. The first kappa shape index (κ1) is 21.8. The van der Waals surface area contributed by atoms with Gasteiger partial charge in [0.1, 0.15) is 5.75 Å². The van der Waals surface area contributed by atoms with Gasteiger partial charge >= 0.3 is 0 Å². The lowest BCUT2D eigenvalue weighted by Crippen LogP contribution is -2.45. The molecular formula is C25H35NO3. The second-order valence-electron chi connectivity index (χ2n) is 8.46. The molecule has 0 saturated carbocycles. The van der Waals surface area contributed by atoms with E-state index in [9.17, 15) is 5.11 Å². The average molecular weight is 398 g/mol. The summed E-state index contributed by atoms with van der Waals surface area (Å²) in [6.07, 6.45) is 1.69. The standard InChI is InChI=1S/C25H35NO3/c1-20(2)13-14-25(27,22-9-11-23(28-3)12-10-22)24(21-7-5-4-6-8-21)19-26-15-17-29-18-16-26/h4-12,20,24,27H,13-19H2,1-3H3/t24-,25-/m0/s1. The van der Waals surface area contributed by atoms with Crippen molar-refractivity contribution in [3.05, 3.63) is 65.7 Å². The molecule has 158 valence electrons. The molecule has 29 heavy (non-hydrogen) atoms. The number of hydrogen-bond donors (Lipinski definition) is 1. The second-order valence-corrected chi connectivity index (χ2v) is 8.46. The van der Waals surface area contributed by atoms with Crippen molar-refractivity contribution in [3.63, 3.8) is 0 Å². The van der Waals surface area contributed by atoms with Crippen molar-refractivity contribution in [1.29, 1.82) is 0 Å². The number of morpholine rings is 1. The van der Waals surface area contributed by atoms with Gasteiger partial charge in [0.2, 0.25) is 0 Å². The molecule has 0 bridgehead atoms. The number of nitrogens with zero attached hydrogens (tertiary/aromatic N) is 1. The maximum atomic E-state index is 12.2. The fraction of sp³-hybridized carbons (Fsp3) is 0.520. The van der Waals surface area contributed by atoms with Crippen LogP contribution in [0.25, 0.3) is 0 Å². The molecule has 1 fully saturated rings. The van der Waals surface area contributed by atoms with Gasteiger partial charge in [0, 0.05) is 25.6 Å². The monoisotopic (exact) mass is 397 g/mol. The zero-order chi connectivity index (χ0) is 20.7. The van der Waals surface area contributed by atoms with Crippen LogP contribution >= 0.6 is 0 Å². The van der Waals surface area contributed by atoms with Gasteiger partial charge in [-0.05, 0) is 42.0 Å². The first-order chi connectivity index (χ1) is 14.0. The zero-order valence-electron chi connectivity index (χ0n) is 18.0. The topological polar surface area (TPSA) is 41.9 Å². The second kappa shape index (κ2) is 10.2. The molecule has 1 saturated heterocycles. The number of benzene rings is 2. The van der Waals surface area contributed by atoms with Gasteiger partial charge in [-0.15, -0.1) is 0 Å². The number of hydrogen-bond acceptors (Lipinski definition) is 4. The third-order valence-electron chi connectivity index (χ3n) is 6.02. The number of methoxy groups -OCH3 is 1. The lowest BCUT2D eigenvalue weighted by atomic mass is 9.73. The Morgan fingerprint density at radius 2 is 1.69 bits per heavy atom. The van der Waals surface area contributed by atoms with Gasteiger partial charge in [0.25, 0.3) is 0 Å². The van der Waals surface area contributed by atoms with E-state index >= 15 is 0 Å². The van der Waals surface area contributed by atoms with Crippen LogP contribution in [-0.4, -0.2) is 50.0 Å². The smallest absolute Gasteiger partial charge is 0.118 e. The lowest BCUT2D eigenvalue weighted by molar-refractivity contribution is -0.0311. The van der Waals surface area contributed by atoms with E-state index in [1.165, 1.54) is 5.56 Å². The highest BCUT2D eigenvalue weighted by Crippen LogP contribution is 2.42. The molecule has 3 rings (SSSR count). The Bertz CT molecular complexity index is 725. The first-order valence-corrected chi connectivity index (χ1v) is 10.7. The Balaban J connectivity index is 1.99. The van der Waals surface area contributed by atoms with E-state index < -0.39 is 5.60 Å². The number of rotatable bonds is 9. The van der Waals surface area contributed by atoms with Crippen molar-refractivity contribution in [2.45, 2.75) is 38.2 Å². The van der Waals surface area contributed by atoms with Crippen LogP contribution in [0.2, 0.25) is 0 Å². The van der Waals surface area contributed by atoms with E-state index in [0.717, 1.165) is 57.0 Å². The SMILES string of the molecule is COc1ccc([C@@](O)(CCC(C)C)[C@@H](CN2CCOCC2)c2ccccc2)cc1. The minimum absolute atomic E-state index is 0.0195. The summed E-state index contributed by atoms with van der Waals surface area (Å²) in [6.45, 7) is 8.58. The summed E-state index contributed by atoms with van der Waals surface area (Å²) in [5.74, 6) is 1.32. The summed E-state index contributed by atoms with van der Waals surface area (Å²) in [5.41, 5.74) is 1.19. The van der Waals surface area contributed by atoms with Crippen molar-refractivity contribution in [3.8, 4) is 5.75 Å². The van der Waals surface area contributed by atoms with E-state index in [1.54, 1.807) is 7.11 Å². The van der Waals surface area contributed by atoms with E-state index in [0.29, 0.717) is 5.92 Å². The van der Waals surface area contributed by atoms with Crippen LogP contribution < -0.4 is 4.74 Å². The highest BCUT2D eigenvalue weighted by atomic mass is 16.5. The van der Waals surface area contributed by atoms with Crippen molar-refractivity contribution >= 4 is 0 Å². The molecule has 2 aromatic carbocycles. The Labute approximate surface area is 175 Å². The van der Waals surface area contributed by atoms with Gasteiger partial charge in [0.05, 0.1) is 25.9 Å². The number of aliphatic hydroxyl groups is 1. The highest BCUT2D eigenvalue weighted by molar-refractivity contribution is 5.35. The molecule has 1 N–H and O–H groups in total. The third-order valence-corrected chi connectivity index (χ3v) is 6.02. The van der Waals surface area contributed by atoms with Gasteiger partial charge in [-0.1, -0.05) is 56.3 Å². The molecule has 0 aliphatic carbocycles. The largest absolute Gasteiger partial charge is 0.497 e. The van der Waals surface area contributed by atoms with Crippen LogP contribution in [-0.2, 0) is 10.3 Å². The fourth-order valence-electron chi connectivity index (χ4n) is 4.17. The molecule has 0 unspecified atom stereocenters. The summed E-state index contributed by atoms with van der Waals surface area (Å²) in [5, 5.41) is 12.2. The minimum Gasteiger partial charge on any atom is -0.497 e. The van der Waals surface area contributed by atoms with Crippen LogP contribution in [0.4, 0.5) is 0 Å². The van der Waals surface area contributed by atoms with Crippen LogP contribution in [0.15, 0.2) is 54.6 Å². The van der Waals surface area contributed by atoms with Crippen LogP contribution in [0, 0.1) is 5.92 Å². The molecular weight excluding hydrogens is 362 g/mol. The zero-order valence-corrected chi connectivity index (χ0v) is 18.0. The van der Waals surface area contributed by atoms with Gasteiger partial charge < -0.3 is 14.6 Å². The van der Waals surface area contributed by atoms with Gasteiger partial charge in [-0.25, -0.2) is 0 Å². The highest BCUT2D eigenvalue weighted by Gasteiger charge is 2.40. The summed E-state index contributed by atoms with van der Waals surface area (Å²) >= 11 is 0. The van der Waals surface area contributed by atoms with Crippen molar-refractivity contribution < 1.29 is 14.6 Å². The molecule has 0 aromatic heterocycles. The molecule has 1 aliphatic heterocycles. The summed E-state index contributed by atoms with van der Waals surface area (Å²) in [6, 6.07) is 18.4. The van der Waals surface area contributed by atoms with E-state index in [4.69, 9.17) is 9.47 Å². The lowest BCUT2D eigenvalue weighted by Gasteiger charge is -2.41. The molecule has 2 atom stereocenters. The van der Waals surface area contributed by atoms with Gasteiger partial charge in [-0.2, -0.15) is 0 Å². The van der Waals surface area contributed by atoms with Crippen molar-refractivity contribution in [1.82, 2.24) is 4.90 Å². The Kier molecular flexibility index (Phi) is 7.70. The van der Waals surface area contributed by atoms with Crippen LogP contribution in [0.5, 0.6) is 5.75 Å². The molecule has 1 heterocycles. The van der Waals surface area contributed by atoms with Crippen molar-refractivity contribution in [2.24, 2.45) is 5.92 Å². The van der Waals surface area contributed by atoms with Crippen molar-refractivity contribution in [2.75, 3.05) is 40.0 Å². The predicted molar refractivity (Wildman–Crippen MR) is 117 cm³/mol. The normalized spacial score (nSPS) is 18.4. The molecule has 0 radical (unpaired) electrons. The third kappa shape index (κ3) is 5.59. The molecule has 1 aliphatic rings. The Hall–Kier alpha value is -1.88. The quantitative estimate of drug-likeness (QED) is 0.679. The molecule has 4 nitrogen and oxygen atoms in total. The van der Waals surface area contributed by atoms with E-state index in [1.807, 2.05) is 30.3 Å².